The molecule has 0 heterocycles. The third-order valence-electron chi connectivity index (χ3n) is 10.0. The first-order chi connectivity index (χ1) is 31.2. The van der Waals surface area contributed by atoms with Gasteiger partial charge in [-0.1, -0.05) is 200 Å². The molecule has 0 aromatic heterocycles. The molecule has 0 aliphatic carbocycles. The highest BCUT2D eigenvalue weighted by atomic mass is 31.2. The predicted octanol–water partition coefficient (Wildman–Crippen LogP) is 16.0. The van der Waals surface area contributed by atoms with Gasteiger partial charge in [-0.2, -0.15) is 0 Å². The molecule has 8 heteroatoms. The maximum atomic E-state index is 6.77. The first-order valence-electron chi connectivity index (χ1n) is 20.5. The monoisotopic (exact) mass is 860 g/mol. The van der Waals surface area contributed by atoms with E-state index >= 15 is 0 Å². The largest absolute Gasteiger partial charge is 0.530 e. The van der Waals surface area contributed by atoms with Crippen molar-refractivity contribution >= 4 is 17.2 Å². The number of rotatable bonds is 17. The Hall–Kier alpha value is -7.20. The number of hydrogen-bond acceptors (Lipinski definition) is 6. The molecule has 0 saturated carbocycles. The summed E-state index contributed by atoms with van der Waals surface area (Å²) in [7, 11) is -4.07. The maximum Gasteiger partial charge on any atom is 0.530 e. The standard InChI is InChI=1S/C55H42O6P2/c1-5-21-42(22-6-1)46-30-19-32-49(39-46)57-62(60-54-37-17-14-34-51(54)44-25-9-3-10-26-44)56-41-48-29-13-16-36-53(48)59-63(58-50-33-20-31-47(40-50)43-23-7-2-8-24-43)61-55-38-18-15-35-52(55)45-27-11-4-12-28-45/h1-40H,41H2. The predicted molar refractivity (Wildman–Crippen MR) is 256 cm³/mol. The smallest absolute Gasteiger partial charge is 0.418 e. The van der Waals surface area contributed by atoms with Crippen LogP contribution in [0.4, 0.5) is 0 Å². The lowest BCUT2D eigenvalue weighted by Crippen LogP contribution is -2.06. The Kier molecular flexibility index (Phi) is 13.4. The van der Waals surface area contributed by atoms with Crippen LogP contribution in [-0.4, -0.2) is 0 Å². The highest BCUT2D eigenvalue weighted by Gasteiger charge is 2.26. The molecule has 0 saturated heterocycles. The Morgan fingerprint density at radius 3 is 1.14 bits per heavy atom. The molecule has 9 aromatic carbocycles. The van der Waals surface area contributed by atoms with Crippen molar-refractivity contribution in [2.45, 2.75) is 6.61 Å². The minimum Gasteiger partial charge on any atom is -0.418 e. The molecule has 0 N–H and O–H groups in total. The van der Waals surface area contributed by atoms with Gasteiger partial charge in [0.15, 0.2) is 0 Å². The molecule has 0 fully saturated rings. The summed E-state index contributed by atoms with van der Waals surface area (Å²) in [6.45, 7) is 0.0982. The Morgan fingerprint density at radius 1 is 0.270 bits per heavy atom. The Morgan fingerprint density at radius 2 is 0.635 bits per heavy atom. The number of benzene rings is 9. The summed E-state index contributed by atoms with van der Waals surface area (Å²) in [5.41, 5.74) is 8.80. The topological polar surface area (TPSA) is 55.4 Å². The summed E-state index contributed by atoms with van der Waals surface area (Å²) in [5.74, 6) is 3.02. The molecule has 0 spiro atoms. The second-order valence-electron chi connectivity index (χ2n) is 14.3. The normalized spacial score (nSPS) is 11.8. The zero-order chi connectivity index (χ0) is 42.5. The van der Waals surface area contributed by atoms with Crippen molar-refractivity contribution in [1.29, 1.82) is 0 Å². The Balaban J connectivity index is 1.02. The van der Waals surface area contributed by atoms with Crippen molar-refractivity contribution in [1.82, 2.24) is 0 Å². The molecule has 0 radical (unpaired) electrons. The van der Waals surface area contributed by atoms with E-state index in [1.165, 1.54) is 0 Å². The maximum absolute atomic E-state index is 6.77. The third-order valence-corrected chi connectivity index (χ3v) is 12.1. The second-order valence-corrected chi connectivity index (χ2v) is 16.4. The fourth-order valence-electron chi connectivity index (χ4n) is 6.91. The van der Waals surface area contributed by atoms with Crippen LogP contribution in [0.3, 0.4) is 0 Å². The lowest BCUT2D eigenvalue weighted by atomic mass is 10.1. The summed E-state index contributed by atoms with van der Waals surface area (Å²) >= 11 is 0. The SMILES string of the molecule is c1ccc(-c2cccc(OP(OCc3ccccc3OP(Oc3cccc(-c4ccccc4)c3)Oc3ccccc3-c3ccccc3)Oc3ccccc3-c3ccccc3)c2)cc1. The number of para-hydroxylation sites is 3. The van der Waals surface area contributed by atoms with Gasteiger partial charge in [0.1, 0.15) is 28.7 Å². The van der Waals surface area contributed by atoms with E-state index < -0.39 is 17.2 Å². The average molecular weight is 861 g/mol. The van der Waals surface area contributed by atoms with E-state index in [0.717, 1.165) is 50.1 Å². The summed E-state index contributed by atoms with van der Waals surface area (Å²) < 4.78 is 40.1. The fraction of sp³-hybridized carbons (Fsp3) is 0.0182. The quantitative estimate of drug-likeness (QED) is 0.0850. The Bertz CT molecular complexity index is 2840. The molecule has 0 aliphatic rings. The second kappa shape index (κ2) is 20.6. The van der Waals surface area contributed by atoms with Crippen LogP contribution in [0.5, 0.6) is 28.7 Å². The molecule has 2 unspecified atom stereocenters. The highest BCUT2D eigenvalue weighted by Crippen LogP contribution is 2.49. The van der Waals surface area contributed by atoms with E-state index in [0.29, 0.717) is 28.7 Å². The van der Waals surface area contributed by atoms with Crippen LogP contribution in [0, 0.1) is 0 Å². The van der Waals surface area contributed by atoms with E-state index in [9.17, 15) is 0 Å². The Labute approximate surface area is 370 Å². The fourth-order valence-corrected chi connectivity index (χ4v) is 8.95. The first kappa shape index (κ1) is 41.2. The van der Waals surface area contributed by atoms with Gasteiger partial charge >= 0.3 is 17.2 Å². The molecule has 0 aliphatic heterocycles. The molecule has 9 aromatic rings. The highest BCUT2D eigenvalue weighted by molar-refractivity contribution is 7.43. The van der Waals surface area contributed by atoms with Crippen LogP contribution < -0.4 is 22.6 Å². The van der Waals surface area contributed by atoms with E-state index in [4.69, 9.17) is 27.1 Å². The molecule has 2 atom stereocenters. The van der Waals surface area contributed by atoms with Gasteiger partial charge in [0, 0.05) is 16.7 Å². The molecule has 63 heavy (non-hydrogen) atoms. The van der Waals surface area contributed by atoms with Crippen molar-refractivity contribution < 1.29 is 27.1 Å². The molecular weight excluding hydrogens is 819 g/mol. The van der Waals surface area contributed by atoms with E-state index in [1.807, 2.05) is 182 Å². The van der Waals surface area contributed by atoms with Crippen molar-refractivity contribution in [3.8, 4) is 73.3 Å². The molecule has 308 valence electrons. The molecule has 0 bridgehead atoms. The van der Waals surface area contributed by atoms with Gasteiger partial charge in [-0.15, -0.1) is 0 Å². The zero-order valence-corrected chi connectivity index (χ0v) is 35.9. The summed E-state index contributed by atoms with van der Waals surface area (Å²) in [6.07, 6.45) is 0. The van der Waals surface area contributed by atoms with Gasteiger partial charge < -0.3 is 22.6 Å². The molecule has 6 nitrogen and oxygen atoms in total. The molecule has 9 rings (SSSR count). The number of hydrogen-bond donors (Lipinski definition) is 0. The lowest BCUT2D eigenvalue weighted by Gasteiger charge is -2.22. The van der Waals surface area contributed by atoms with Gasteiger partial charge in [-0.25, -0.2) is 0 Å². The van der Waals surface area contributed by atoms with Gasteiger partial charge in [-0.05, 0) is 75.8 Å². The van der Waals surface area contributed by atoms with Crippen LogP contribution in [0.25, 0.3) is 44.5 Å². The summed E-state index contributed by atoms with van der Waals surface area (Å²) in [6, 6.07) is 80.1. The third kappa shape index (κ3) is 10.8. The van der Waals surface area contributed by atoms with Gasteiger partial charge in [0.05, 0.1) is 6.61 Å². The van der Waals surface area contributed by atoms with Gasteiger partial charge in [0.25, 0.3) is 0 Å². The summed E-state index contributed by atoms with van der Waals surface area (Å²) in [5, 5.41) is 0. The van der Waals surface area contributed by atoms with Gasteiger partial charge in [-0.3, -0.25) is 4.52 Å². The summed E-state index contributed by atoms with van der Waals surface area (Å²) in [4.78, 5) is 0. The van der Waals surface area contributed by atoms with Crippen molar-refractivity contribution in [3.05, 3.63) is 248 Å². The van der Waals surface area contributed by atoms with Crippen LogP contribution in [0.15, 0.2) is 243 Å². The molecule has 0 amide bonds. The van der Waals surface area contributed by atoms with Crippen LogP contribution in [-0.2, 0) is 11.1 Å². The molecular formula is C55H42O6P2. The minimum absolute atomic E-state index is 0.0982. The van der Waals surface area contributed by atoms with Crippen molar-refractivity contribution in [2.75, 3.05) is 0 Å². The van der Waals surface area contributed by atoms with Crippen molar-refractivity contribution in [2.24, 2.45) is 0 Å². The van der Waals surface area contributed by atoms with E-state index in [-0.39, 0.29) is 6.61 Å². The first-order valence-corrected chi connectivity index (χ1v) is 22.7. The van der Waals surface area contributed by atoms with E-state index in [1.54, 1.807) is 0 Å². The van der Waals surface area contributed by atoms with Gasteiger partial charge in [0.2, 0.25) is 0 Å². The van der Waals surface area contributed by atoms with Crippen LogP contribution >= 0.6 is 17.2 Å². The average Bonchev–Trinajstić information content (AvgIpc) is 3.35. The van der Waals surface area contributed by atoms with Crippen molar-refractivity contribution in [3.63, 3.8) is 0 Å². The minimum atomic E-state index is -2.07. The van der Waals surface area contributed by atoms with Crippen LogP contribution in [0.1, 0.15) is 5.56 Å². The lowest BCUT2D eigenvalue weighted by molar-refractivity contribution is 0.254. The van der Waals surface area contributed by atoms with Crippen LogP contribution in [0.2, 0.25) is 0 Å². The zero-order valence-electron chi connectivity index (χ0n) is 34.1. The van der Waals surface area contributed by atoms with E-state index in [2.05, 4.69) is 60.7 Å².